The third kappa shape index (κ3) is 5.38. The molecule has 0 saturated heterocycles. The third-order valence-electron chi connectivity index (χ3n) is 2.86. The predicted molar refractivity (Wildman–Crippen MR) is 76.2 cm³/mol. The summed E-state index contributed by atoms with van der Waals surface area (Å²) in [7, 11) is 1.77. The Hall–Kier alpha value is -0.0900. The van der Waals surface area contributed by atoms with E-state index in [9.17, 15) is 0 Å². The van der Waals surface area contributed by atoms with E-state index in [4.69, 9.17) is 16.3 Å². The molecule has 17 heavy (non-hydrogen) atoms. The van der Waals surface area contributed by atoms with Gasteiger partial charge in [-0.3, -0.25) is 0 Å². The van der Waals surface area contributed by atoms with E-state index in [2.05, 4.69) is 32.2 Å². The summed E-state index contributed by atoms with van der Waals surface area (Å²) < 4.78 is 6.36. The van der Waals surface area contributed by atoms with Crippen LogP contribution in [-0.4, -0.2) is 25.3 Å². The maximum Gasteiger partial charge on any atom is 0.0931 e. The number of rotatable bonds is 7. The van der Waals surface area contributed by atoms with Crippen LogP contribution in [0, 0.1) is 0 Å². The fourth-order valence-corrected chi connectivity index (χ4v) is 3.05. The molecule has 0 amide bonds. The van der Waals surface area contributed by atoms with E-state index < -0.39 is 0 Å². The summed E-state index contributed by atoms with van der Waals surface area (Å²) in [5, 5.41) is 3.51. The molecular weight excluding hydrogens is 254 g/mol. The first-order chi connectivity index (χ1) is 7.96. The van der Waals surface area contributed by atoms with Crippen LogP contribution in [0.15, 0.2) is 12.1 Å². The zero-order valence-corrected chi connectivity index (χ0v) is 12.6. The molecule has 1 rings (SSSR count). The zero-order chi connectivity index (χ0) is 12.9. The van der Waals surface area contributed by atoms with Gasteiger partial charge in [0.25, 0.3) is 0 Å². The second-order valence-corrected chi connectivity index (χ2v) is 6.63. The Bertz CT molecular complexity index is 338. The lowest BCUT2D eigenvalue weighted by molar-refractivity contribution is 0.00732. The molecule has 0 bridgehead atoms. The molecule has 0 aliphatic heterocycles. The van der Waals surface area contributed by atoms with Crippen LogP contribution >= 0.6 is 22.9 Å². The van der Waals surface area contributed by atoms with Crippen LogP contribution in [0.4, 0.5) is 0 Å². The van der Waals surface area contributed by atoms with Gasteiger partial charge in [-0.1, -0.05) is 18.5 Å². The van der Waals surface area contributed by atoms with E-state index in [1.54, 1.807) is 18.4 Å². The maximum absolute atomic E-state index is 5.95. The van der Waals surface area contributed by atoms with Crippen LogP contribution in [-0.2, 0) is 11.2 Å². The quantitative estimate of drug-likeness (QED) is 0.819. The number of ether oxygens (including phenoxy) is 1. The first kappa shape index (κ1) is 15.0. The minimum absolute atomic E-state index is 0.0894. The van der Waals surface area contributed by atoms with Gasteiger partial charge in [-0.05, 0) is 45.4 Å². The first-order valence-electron chi connectivity index (χ1n) is 5.99. The molecule has 1 aromatic rings. The number of methoxy groups -OCH3 is 1. The Balaban J connectivity index is 2.60. The summed E-state index contributed by atoms with van der Waals surface area (Å²) in [5.41, 5.74) is -0.0894. The maximum atomic E-state index is 5.95. The van der Waals surface area contributed by atoms with Crippen molar-refractivity contribution in [1.29, 1.82) is 0 Å². The van der Waals surface area contributed by atoms with Crippen LogP contribution in [0.3, 0.4) is 0 Å². The molecule has 98 valence electrons. The molecule has 1 aromatic heterocycles. The number of halogens is 1. The van der Waals surface area contributed by atoms with Gasteiger partial charge in [-0.15, -0.1) is 11.3 Å². The summed E-state index contributed by atoms with van der Waals surface area (Å²) in [4.78, 5) is 1.33. The van der Waals surface area contributed by atoms with Crippen LogP contribution < -0.4 is 5.32 Å². The van der Waals surface area contributed by atoms with Crippen LogP contribution in [0.5, 0.6) is 0 Å². The predicted octanol–water partition coefficient (Wildman–Crippen LogP) is 3.74. The lowest BCUT2D eigenvalue weighted by Gasteiger charge is -2.28. The second kappa shape index (κ2) is 6.74. The van der Waals surface area contributed by atoms with E-state index in [0.29, 0.717) is 6.04 Å². The van der Waals surface area contributed by atoms with Crippen molar-refractivity contribution in [2.45, 2.75) is 45.3 Å². The molecule has 0 aliphatic carbocycles. The number of nitrogens with one attached hydrogen (secondary N) is 1. The highest BCUT2D eigenvalue weighted by Crippen LogP contribution is 2.25. The number of hydrogen-bond donors (Lipinski definition) is 1. The number of likely N-dealkylation sites (N-methyl/N-ethyl adjacent to an activating group) is 1. The lowest BCUT2D eigenvalue weighted by Crippen LogP contribution is -2.38. The molecule has 0 spiro atoms. The van der Waals surface area contributed by atoms with Crippen molar-refractivity contribution in [1.82, 2.24) is 5.32 Å². The van der Waals surface area contributed by atoms with E-state index in [1.807, 2.05) is 6.07 Å². The Kier molecular flexibility index (Phi) is 5.93. The van der Waals surface area contributed by atoms with Crippen molar-refractivity contribution in [3.8, 4) is 0 Å². The van der Waals surface area contributed by atoms with Crippen molar-refractivity contribution in [2.75, 3.05) is 13.7 Å². The van der Waals surface area contributed by atoms with E-state index in [-0.39, 0.29) is 5.60 Å². The zero-order valence-electron chi connectivity index (χ0n) is 11.0. The van der Waals surface area contributed by atoms with E-state index >= 15 is 0 Å². The van der Waals surface area contributed by atoms with Crippen molar-refractivity contribution in [3.63, 3.8) is 0 Å². The normalized spacial score (nSPS) is 13.9. The molecule has 1 heterocycles. The highest BCUT2D eigenvalue weighted by molar-refractivity contribution is 7.16. The third-order valence-corrected chi connectivity index (χ3v) is 4.11. The SMILES string of the molecule is CCNC(Cc1ccc(Cl)s1)CC(C)(C)OC. The molecule has 0 radical (unpaired) electrons. The topological polar surface area (TPSA) is 21.3 Å². The van der Waals surface area contributed by atoms with Gasteiger partial charge in [-0.25, -0.2) is 0 Å². The van der Waals surface area contributed by atoms with Crippen LogP contribution in [0.2, 0.25) is 4.34 Å². The standard InChI is InChI=1S/C13H22ClNOS/c1-5-15-10(9-13(2,3)16-4)8-11-6-7-12(14)17-11/h6-7,10,15H,5,8-9H2,1-4H3. The molecule has 0 aromatic carbocycles. The van der Waals surface area contributed by atoms with Gasteiger partial charge in [-0.2, -0.15) is 0 Å². The first-order valence-corrected chi connectivity index (χ1v) is 7.19. The lowest BCUT2D eigenvalue weighted by atomic mass is 9.96. The van der Waals surface area contributed by atoms with Crippen molar-refractivity contribution in [3.05, 3.63) is 21.3 Å². The van der Waals surface area contributed by atoms with Gasteiger partial charge in [0.1, 0.15) is 0 Å². The Morgan fingerprint density at radius 3 is 2.65 bits per heavy atom. The summed E-state index contributed by atoms with van der Waals surface area (Å²) in [6.07, 6.45) is 2.00. The molecule has 4 heteroatoms. The van der Waals surface area contributed by atoms with E-state index in [1.165, 1.54) is 4.88 Å². The van der Waals surface area contributed by atoms with Gasteiger partial charge in [0.05, 0.1) is 9.94 Å². The minimum atomic E-state index is -0.0894. The number of hydrogen-bond acceptors (Lipinski definition) is 3. The summed E-state index contributed by atoms with van der Waals surface area (Å²) >= 11 is 7.61. The van der Waals surface area contributed by atoms with Crippen molar-refractivity contribution < 1.29 is 4.74 Å². The second-order valence-electron chi connectivity index (χ2n) is 4.83. The molecule has 1 N–H and O–H groups in total. The van der Waals surface area contributed by atoms with Crippen molar-refractivity contribution in [2.24, 2.45) is 0 Å². The molecule has 1 unspecified atom stereocenters. The highest BCUT2D eigenvalue weighted by atomic mass is 35.5. The molecule has 0 aliphatic rings. The number of thiophene rings is 1. The van der Waals surface area contributed by atoms with Crippen LogP contribution in [0.1, 0.15) is 32.1 Å². The summed E-state index contributed by atoms with van der Waals surface area (Å²) in [5.74, 6) is 0. The molecule has 1 atom stereocenters. The molecule has 0 saturated carbocycles. The van der Waals surface area contributed by atoms with Crippen LogP contribution in [0.25, 0.3) is 0 Å². The monoisotopic (exact) mass is 275 g/mol. The fourth-order valence-electron chi connectivity index (χ4n) is 1.89. The van der Waals surface area contributed by atoms with Gasteiger partial charge in [0.15, 0.2) is 0 Å². The van der Waals surface area contributed by atoms with Crippen molar-refractivity contribution >= 4 is 22.9 Å². The summed E-state index contributed by atoms with van der Waals surface area (Å²) in [6, 6.07) is 4.51. The van der Waals surface area contributed by atoms with Gasteiger partial charge in [0.2, 0.25) is 0 Å². The smallest absolute Gasteiger partial charge is 0.0931 e. The average Bonchev–Trinajstić information content (AvgIpc) is 2.64. The fraction of sp³-hybridized carbons (Fsp3) is 0.692. The van der Waals surface area contributed by atoms with E-state index in [0.717, 1.165) is 23.7 Å². The molecule has 2 nitrogen and oxygen atoms in total. The molecular formula is C13H22ClNOS. The van der Waals surface area contributed by atoms with Gasteiger partial charge in [0, 0.05) is 18.0 Å². The highest BCUT2D eigenvalue weighted by Gasteiger charge is 2.22. The Morgan fingerprint density at radius 2 is 2.18 bits per heavy atom. The minimum Gasteiger partial charge on any atom is -0.379 e. The Morgan fingerprint density at radius 1 is 1.47 bits per heavy atom. The summed E-state index contributed by atoms with van der Waals surface area (Å²) in [6.45, 7) is 7.36. The average molecular weight is 276 g/mol. The largest absolute Gasteiger partial charge is 0.379 e. The van der Waals surface area contributed by atoms with Gasteiger partial charge >= 0.3 is 0 Å². The van der Waals surface area contributed by atoms with Gasteiger partial charge < -0.3 is 10.1 Å². The molecule has 0 fully saturated rings. The Labute approximate surface area is 113 Å².